The fraction of sp³-hybridized carbons (Fsp3) is 0.417. The summed E-state index contributed by atoms with van der Waals surface area (Å²) in [5.74, 6) is -1.11. The lowest BCUT2D eigenvalue weighted by Crippen LogP contribution is -2.29. The zero-order chi connectivity index (χ0) is 12.1. The summed E-state index contributed by atoms with van der Waals surface area (Å²) in [5, 5.41) is 11.9. The minimum Gasteiger partial charge on any atom is -0.296 e. The van der Waals surface area contributed by atoms with Crippen molar-refractivity contribution in [1.82, 2.24) is 5.32 Å². The fourth-order valence-corrected chi connectivity index (χ4v) is 1.33. The van der Waals surface area contributed by atoms with Gasteiger partial charge in [0.15, 0.2) is 0 Å². The van der Waals surface area contributed by atoms with Gasteiger partial charge in [0.1, 0.15) is 17.7 Å². The minimum atomic E-state index is -0.814. The number of hydrogen-bond donors (Lipinski definition) is 1. The van der Waals surface area contributed by atoms with Crippen LogP contribution in [0.5, 0.6) is 0 Å². The highest BCUT2D eigenvalue weighted by molar-refractivity contribution is 5.26. The Morgan fingerprint density at radius 2 is 2.12 bits per heavy atom. The van der Waals surface area contributed by atoms with Gasteiger partial charge < -0.3 is 0 Å². The first-order valence-electron chi connectivity index (χ1n) is 5.19. The highest BCUT2D eigenvalue weighted by Gasteiger charge is 2.17. The molecule has 16 heavy (non-hydrogen) atoms. The van der Waals surface area contributed by atoms with Gasteiger partial charge in [0.05, 0.1) is 6.07 Å². The summed E-state index contributed by atoms with van der Waals surface area (Å²) in [6.45, 7) is 3.84. The van der Waals surface area contributed by atoms with Gasteiger partial charge in [0.2, 0.25) is 0 Å². The second kappa shape index (κ2) is 5.57. The molecule has 0 aliphatic carbocycles. The van der Waals surface area contributed by atoms with E-state index >= 15 is 0 Å². The number of nitrogens with one attached hydrogen (secondary N) is 1. The molecule has 86 valence electrons. The van der Waals surface area contributed by atoms with Crippen molar-refractivity contribution in [3.8, 4) is 6.07 Å². The van der Waals surface area contributed by atoms with Crippen LogP contribution in [-0.2, 0) is 0 Å². The summed E-state index contributed by atoms with van der Waals surface area (Å²) < 4.78 is 26.4. The molecule has 1 rings (SSSR count). The quantitative estimate of drug-likeness (QED) is 0.853. The molecule has 0 saturated carbocycles. The van der Waals surface area contributed by atoms with Gasteiger partial charge in [-0.2, -0.15) is 5.26 Å². The van der Waals surface area contributed by atoms with E-state index in [1.165, 1.54) is 0 Å². The first-order chi connectivity index (χ1) is 7.58. The van der Waals surface area contributed by atoms with Crippen LogP contribution in [0.1, 0.15) is 31.9 Å². The summed E-state index contributed by atoms with van der Waals surface area (Å²) >= 11 is 0. The van der Waals surface area contributed by atoms with Crippen LogP contribution >= 0.6 is 0 Å². The molecule has 0 aliphatic rings. The van der Waals surface area contributed by atoms with E-state index in [1.54, 1.807) is 0 Å². The summed E-state index contributed by atoms with van der Waals surface area (Å²) in [7, 11) is 0. The maximum Gasteiger partial charge on any atom is 0.129 e. The highest BCUT2D eigenvalue weighted by atomic mass is 19.1. The largest absolute Gasteiger partial charge is 0.296 e. The Hall–Kier alpha value is -1.47. The maximum absolute atomic E-state index is 13.4. The molecule has 2 unspecified atom stereocenters. The van der Waals surface area contributed by atoms with E-state index in [-0.39, 0.29) is 11.6 Å². The van der Waals surface area contributed by atoms with E-state index in [0.717, 1.165) is 24.6 Å². The van der Waals surface area contributed by atoms with Crippen molar-refractivity contribution in [2.75, 3.05) is 0 Å². The number of rotatable bonds is 4. The molecule has 0 aliphatic heterocycles. The smallest absolute Gasteiger partial charge is 0.129 e. The molecule has 0 amide bonds. The molecule has 0 spiro atoms. The van der Waals surface area contributed by atoms with E-state index in [2.05, 4.69) is 5.32 Å². The van der Waals surface area contributed by atoms with Crippen molar-refractivity contribution in [2.24, 2.45) is 0 Å². The van der Waals surface area contributed by atoms with E-state index < -0.39 is 17.7 Å². The van der Waals surface area contributed by atoms with Gasteiger partial charge in [-0.3, -0.25) is 5.32 Å². The average Bonchev–Trinajstić information content (AvgIpc) is 2.29. The molecular weight excluding hydrogens is 210 g/mol. The van der Waals surface area contributed by atoms with Crippen LogP contribution < -0.4 is 5.32 Å². The number of nitriles is 1. The first kappa shape index (κ1) is 12.6. The van der Waals surface area contributed by atoms with Crippen molar-refractivity contribution in [3.63, 3.8) is 0 Å². The molecule has 0 heterocycles. The molecule has 2 atom stereocenters. The molecule has 4 heteroatoms. The maximum atomic E-state index is 13.4. The molecule has 0 fully saturated rings. The van der Waals surface area contributed by atoms with Crippen molar-refractivity contribution >= 4 is 0 Å². The average molecular weight is 224 g/mol. The van der Waals surface area contributed by atoms with E-state index in [9.17, 15) is 8.78 Å². The normalized spacial score (nSPS) is 14.2. The Morgan fingerprint density at radius 3 is 2.69 bits per heavy atom. The SMILES string of the molecule is CCC(C)NC(C#N)c1cc(F)ccc1F. The van der Waals surface area contributed by atoms with Gasteiger partial charge in [-0.25, -0.2) is 8.78 Å². The Morgan fingerprint density at radius 1 is 1.44 bits per heavy atom. The first-order valence-corrected chi connectivity index (χ1v) is 5.19. The van der Waals surface area contributed by atoms with E-state index in [0.29, 0.717) is 0 Å². The van der Waals surface area contributed by atoms with Crippen LogP contribution in [0.4, 0.5) is 8.78 Å². The topological polar surface area (TPSA) is 35.8 Å². The molecule has 0 radical (unpaired) electrons. The third-order valence-corrected chi connectivity index (χ3v) is 2.46. The summed E-state index contributed by atoms with van der Waals surface area (Å²) in [4.78, 5) is 0. The van der Waals surface area contributed by atoms with Gasteiger partial charge in [0, 0.05) is 11.6 Å². The third-order valence-electron chi connectivity index (χ3n) is 2.46. The number of nitrogens with zero attached hydrogens (tertiary/aromatic N) is 1. The lowest BCUT2D eigenvalue weighted by molar-refractivity contribution is 0.481. The number of benzene rings is 1. The Kier molecular flexibility index (Phi) is 4.39. The van der Waals surface area contributed by atoms with Crippen LogP contribution in [0.2, 0.25) is 0 Å². The van der Waals surface area contributed by atoms with Gasteiger partial charge in [-0.05, 0) is 31.5 Å². The van der Waals surface area contributed by atoms with Crippen LogP contribution in [0.15, 0.2) is 18.2 Å². The lowest BCUT2D eigenvalue weighted by Gasteiger charge is -2.17. The lowest BCUT2D eigenvalue weighted by atomic mass is 10.1. The van der Waals surface area contributed by atoms with Crippen molar-refractivity contribution in [3.05, 3.63) is 35.4 Å². The fourth-order valence-electron chi connectivity index (χ4n) is 1.33. The second-order valence-electron chi connectivity index (χ2n) is 3.70. The van der Waals surface area contributed by atoms with Gasteiger partial charge in [0.25, 0.3) is 0 Å². The van der Waals surface area contributed by atoms with Gasteiger partial charge in [-0.15, -0.1) is 0 Å². The monoisotopic (exact) mass is 224 g/mol. The zero-order valence-corrected chi connectivity index (χ0v) is 9.30. The number of halogens is 2. The predicted octanol–water partition coefficient (Wildman–Crippen LogP) is 2.92. The molecular formula is C12H14F2N2. The van der Waals surface area contributed by atoms with Crippen LogP contribution in [0, 0.1) is 23.0 Å². The van der Waals surface area contributed by atoms with Crippen molar-refractivity contribution in [2.45, 2.75) is 32.4 Å². The molecule has 2 nitrogen and oxygen atoms in total. The molecule has 1 aromatic rings. The second-order valence-corrected chi connectivity index (χ2v) is 3.70. The summed E-state index contributed by atoms with van der Waals surface area (Å²) in [6.07, 6.45) is 0.815. The predicted molar refractivity (Wildman–Crippen MR) is 57.6 cm³/mol. The minimum absolute atomic E-state index is 0.0581. The summed E-state index contributed by atoms with van der Waals surface area (Å²) in [5.41, 5.74) is 0.0581. The van der Waals surface area contributed by atoms with E-state index in [1.807, 2.05) is 19.9 Å². The molecule has 1 aromatic carbocycles. The highest BCUT2D eigenvalue weighted by Crippen LogP contribution is 2.18. The third kappa shape index (κ3) is 3.01. The zero-order valence-electron chi connectivity index (χ0n) is 9.30. The van der Waals surface area contributed by atoms with Gasteiger partial charge >= 0.3 is 0 Å². The van der Waals surface area contributed by atoms with Crippen molar-refractivity contribution in [1.29, 1.82) is 5.26 Å². The Bertz CT molecular complexity index is 398. The standard InChI is InChI=1S/C12H14F2N2/c1-3-8(2)16-12(7-15)10-6-9(13)4-5-11(10)14/h4-6,8,12,16H,3H2,1-2H3. The number of hydrogen-bond acceptors (Lipinski definition) is 2. The van der Waals surface area contributed by atoms with Crippen LogP contribution in [-0.4, -0.2) is 6.04 Å². The van der Waals surface area contributed by atoms with Gasteiger partial charge in [-0.1, -0.05) is 6.92 Å². The molecule has 0 saturated heterocycles. The Labute approximate surface area is 93.9 Å². The van der Waals surface area contributed by atoms with Crippen LogP contribution in [0.3, 0.4) is 0 Å². The molecule has 0 aromatic heterocycles. The molecule has 1 N–H and O–H groups in total. The Balaban J connectivity index is 2.95. The van der Waals surface area contributed by atoms with Crippen LogP contribution in [0.25, 0.3) is 0 Å². The van der Waals surface area contributed by atoms with E-state index in [4.69, 9.17) is 5.26 Å². The summed E-state index contributed by atoms with van der Waals surface area (Å²) in [6, 6.07) is 4.32. The molecule has 0 bridgehead atoms. The van der Waals surface area contributed by atoms with Crippen molar-refractivity contribution < 1.29 is 8.78 Å².